The van der Waals surface area contributed by atoms with Gasteiger partial charge in [0.15, 0.2) is 0 Å². The maximum Gasteiger partial charge on any atom is 0.110 e. The van der Waals surface area contributed by atoms with Gasteiger partial charge in [0.25, 0.3) is 0 Å². The maximum absolute atomic E-state index is 5.80. The molecule has 2 atom stereocenters. The van der Waals surface area contributed by atoms with E-state index >= 15 is 0 Å². The van der Waals surface area contributed by atoms with Crippen molar-refractivity contribution < 1.29 is 4.74 Å². The van der Waals surface area contributed by atoms with Gasteiger partial charge in [0.2, 0.25) is 0 Å². The lowest BCUT2D eigenvalue weighted by atomic mass is 10.00. The van der Waals surface area contributed by atoms with Crippen LogP contribution in [0.15, 0.2) is 12.4 Å². The van der Waals surface area contributed by atoms with Gasteiger partial charge >= 0.3 is 0 Å². The largest absolute Gasteiger partial charge is 0.377 e. The van der Waals surface area contributed by atoms with E-state index in [1.807, 2.05) is 12.4 Å². The molecule has 1 aromatic rings. The zero-order chi connectivity index (χ0) is 12.8. The zero-order valence-electron chi connectivity index (χ0n) is 11.1. The smallest absolute Gasteiger partial charge is 0.110 e. The molecule has 3 N–H and O–H groups in total. The maximum atomic E-state index is 5.80. The zero-order valence-corrected chi connectivity index (χ0v) is 11.1. The molecular weight excluding hydrogens is 228 g/mol. The molecule has 0 spiro atoms. The Morgan fingerprint density at radius 1 is 1.61 bits per heavy atom. The first kappa shape index (κ1) is 13.5. The number of imidazole rings is 1. The number of hydrazine groups is 1. The van der Waals surface area contributed by atoms with E-state index in [1.165, 1.54) is 6.42 Å². The van der Waals surface area contributed by atoms with Crippen LogP contribution >= 0.6 is 0 Å². The van der Waals surface area contributed by atoms with Crippen LogP contribution in [0.25, 0.3) is 0 Å². The molecule has 2 rings (SSSR count). The molecule has 1 aliphatic heterocycles. The Balaban J connectivity index is 1.98. The molecule has 0 bridgehead atoms. The summed E-state index contributed by atoms with van der Waals surface area (Å²) < 4.78 is 8.00. The highest BCUT2D eigenvalue weighted by Gasteiger charge is 2.25. The first-order valence-electron chi connectivity index (χ1n) is 6.93. The monoisotopic (exact) mass is 252 g/mol. The molecule has 1 aromatic heterocycles. The van der Waals surface area contributed by atoms with Crippen LogP contribution in [0, 0.1) is 0 Å². The van der Waals surface area contributed by atoms with Crippen LogP contribution in [-0.2, 0) is 17.7 Å². The van der Waals surface area contributed by atoms with Gasteiger partial charge < -0.3 is 9.30 Å². The number of nitrogens with zero attached hydrogens (tertiary/aromatic N) is 2. The lowest BCUT2D eigenvalue weighted by Gasteiger charge is -2.29. The summed E-state index contributed by atoms with van der Waals surface area (Å²) in [5.74, 6) is 6.77. The second-order valence-electron chi connectivity index (χ2n) is 4.92. The average molecular weight is 252 g/mol. The molecule has 2 unspecified atom stereocenters. The van der Waals surface area contributed by atoms with Crippen LogP contribution in [0.1, 0.15) is 38.4 Å². The summed E-state index contributed by atoms with van der Waals surface area (Å²) >= 11 is 0. The number of hydrogen-bond donors (Lipinski definition) is 2. The van der Waals surface area contributed by atoms with Crippen LogP contribution in [0.5, 0.6) is 0 Å². The Morgan fingerprint density at radius 2 is 2.50 bits per heavy atom. The minimum atomic E-state index is 0.156. The van der Waals surface area contributed by atoms with Crippen molar-refractivity contribution in [3.63, 3.8) is 0 Å². The molecular formula is C13H24N4O. The van der Waals surface area contributed by atoms with Crippen molar-refractivity contribution in [1.82, 2.24) is 15.0 Å². The van der Waals surface area contributed by atoms with E-state index < -0.39 is 0 Å². The molecule has 1 saturated heterocycles. The predicted molar refractivity (Wildman–Crippen MR) is 70.9 cm³/mol. The molecule has 18 heavy (non-hydrogen) atoms. The summed E-state index contributed by atoms with van der Waals surface area (Å²) in [6.07, 6.45) is 9.54. The van der Waals surface area contributed by atoms with Gasteiger partial charge in [-0.2, -0.15) is 0 Å². The van der Waals surface area contributed by atoms with Crippen molar-refractivity contribution in [3.05, 3.63) is 18.2 Å². The van der Waals surface area contributed by atoms with Gasteiger partial charge in [0, 0.05) is 32.0 Å². The second kappa shape index (κ2) is 6.87. The number of aromatic nitrogens is 2. The van der Waals surface area contributed by atoms with Crippen molar-refractivity contribution >= 4 is 0 Å². The topological polar surface area (TPSA) is 65.1 Å². The summed E-state index contributed by atoms with van der Waals surface area (Å²) in [6.45, 7) is 4.04. The predicted octanol–water partition coefficient (Wildman–Crippen LogP) is 1.24. The fourth-order valence-electron chi connectivity index (χ4n) is 2.55. The van der Waals surface area contributed by atoms with Crippen LogP contribution in [-0.4, -0.2) is 28.3 Å². The van der Waals surface area contributed by atoms with Gasteiger partial charge in [-0.1, -0.05) is 6.92 Å². The van der Waals surface area contributed by atoms with Crippen molar-refractivity contribution in [2.24, 2.45) is 5.84 Å². The lowest BCUT2D eigenvalue weighted by molar-refractivity contribution is -0.00797. The number of aryl methyl sites for hydroxylation is 1. The fraction of sp³-hybridized carbons (Fsp3) is 0.769. The van der Waals surface area contributed by atoms with Crippen LogP contribution in [0.3, 0.4) is 0 Å². The minimum Gasteiger partial charge on any atom is -0.377 e. The minimum absolute atomic E-state index is 0.156. The molecule has 0 radical (unpaired) electrons. The van der Waals surface area contributed by atoms with Crippen LogP contribution in [0.2, 0.25) is 0 Å². The van der Waals surface area contributed by atoms with Gasteiger partial charge in [-0.05, 0) is 25.7 Å². The van der Waals surface area contributed by atoms with E-state index in [9.17, 15) is 0 Å². The Hall–Kier alpha value is -0.910. The van der Waals surface area contributed by atoms with E-state index in [2.05, 4.69) is 21.9 Å². The lowest BCUT2D eigenvalue weighted by Crippen LogP contribution is -2.48. The van der Waals surface area contributed by atoms with Gasteiger partial charge in [-0.3, -0.25) is 11.3 Å². The van der Waals surface area contributed by atoms with Gasteiger partial charge in [0.05, 0.1) is 12.1 Å². The first-order chi connectivity index (χ1) is 8.85. The SMILES string of the molecule is CCCn1ccnc1CC(NN)C1CCCCO1. The van der Waals surface area contributed by atoms with Gasteiger partial charge in [-0.25, -0.2) is 4.98 Å². The van der Waals surface area contributed by atoms with Gasteiger partial charge in [-0.15, -0.1) is 0 Å². The van der Waals surface area contributed by atoms with E-state index in [4.69, 9.17) is 10.6 Å². The van der Waals surface area contributed by atoms with E-state index in [0.29, 0.717) is 0 Å². The van der Waals surface area contributed by atoms with E-state index in [1.54, 1.807) is 0 Å². The quantitative estimate of drug-likeness (QED) is 0.590. The second-order valence-corrected chi connectivity index (χ2v) is 4.92. The first-order valence-corrected chi connectivity index (χ1v) is 6.93. The van der Waals surface area contributed by atoms with Gasteiger partial charge in [0.1, 0.15) is 5.82 Å². The molecule has 5 nitrogen and oxygen atoms in total. The molecule has 5 heteroatoms. The molecule has 0 saturated carbocycles. The number of ether oxygens (including phenoxy) is 1. The number of nitrogens with two attached hydrogens (primary N) is 1. The van der Waals surface area contributed by atoms with E-state index in [-0.39, 0.29) is 12.1 Å². The Labute approximate surface area is 109 Å². The summed E-state index contributed by atoms with van der Waals surface area (Å²) in [5.41, 5.74) is 2.90. The summed E-state index contributed by atoms with van der Waals surface area (Å²) in [7, 11) is 0. The van der Waals surface area contributed by atoms with E-state index in [0.717, 1.165) is 44.7 Å². The number of nitrogens with one attached hydrogen (secondary N) is 1. The highest BCUT2D eigenvalue weighted by atomic mass is 16.5. The molecule has 0 amide bonds. The molecule has 1 fully saturated rings. The fourth-order valence-corrected chi connectivity index (χ4v) is 2.55. The Bertz CT molecular complexity index is 347. The van der Waals surface area contributed by atoms with Crippen molar-refractivity contribution in [3.8, 4) is 0 Å². The van der Waals surface area contributed by atoms with Crippen LogP contribution < -0.4 is 11.3 Å². The Morgan fingerprint density at radius 3 is 3.17 bits per heavy atom. The van der Waals surface area contributed by atoms with Crippen molar-refractivity contribution in [1.29, 1.82) is 0 Å². The molecule has 102 valence electrons. The summed E-state index contributed by atoms with van der Waals surface area (Å²) in [5, 5.41) is 0. The third-order valence-corrected chi connectivity index (χ3v) is 3.55. The number of rotatable bonds is 6. The standard InChI is InChI=1S/C13H24N4O/c1-2-7-17-8-6-15-13(17)10-11(16-14)12-5-3-4-9-18-12/h6,8,11-12,16H,2-5,7,9-10,14H2,1H3. The van der Waals surface area contributed by atoms with Crippen LogP contribution in [0.4, 0.5) is 0 Å². The van der Waals surface area contributed by atoms with Crippen molar-refractivity contribution in [2.45, 2.75) is 57.7 Å². The van der Waals surface area contributed by atoms with Crippen molar-refractivity contribution in [2.75, 3.05) is 6.61 Å². The number of hydrogen-bond acceptors (Lipinski definition) is 4. The highest BCUT2D eigenvalue weighted by molar-refractivity contribution is 4.97. The Kier molecular flexibility index (Phi) is 5.16. The average Bonchev–Trinajstić information content (AvgIpc) is 2.85. The normalized spacial score (nSPS) is 22.0. The molecule has 0 aromatic carbocycles. The molecule has 2 heterocycles. The third-order valence-electron chi connectivity index (χ3n) is 3.55. The highest BCUT2D eigenvalue weighted by Crippen LogP contribution is 2.18. The third kappa shape index (κ3) is 3.31. The summed E-state index contributed by atoms with van der Waals surface area (Å²) in [4.78, 5) is 4.43. The molecule has 1 aliphatic rings. The summed E-state index contributed by atoms with van der Waals surface area (Å²) in [6, 6.07) is 0.156. The molecule has 0 aliphatic carbocycles.